The SMILES string of the molecule is N#CC1(N2CCOCC2)CCSC1. The quantitative estimate of drug-likeness (QED) is 0.622. The molecule has 0 radical (unpaired) electrons. The first-order valence-electron chi connectivity index (χ1n) is 4.69. The van der Waals surface area contributed by atoms with Crippen LogP contribution in [-0.4, -0.2) is 48.2 Å². The molecular weight excluding hydrogens is 184 g/mol. The maximum Gasteiger partial charge on any atom is 0.119 e. The normalized spacial score (nSPS) is 35.9. The van der Waals surface area contributed by atoms with Gasteiger partial charge in [0.1, 0.15) is 5.54 Å². The molecule has 2 rings (SSSR count). The Hall–Kier alpha value is -0.240. The molecule has 2 aliphatic rings. The average Bonchev–Trinajstić information content (AvgIpc) is 2.69. The summed E-state index contributed by atoms with van der Waals surface area (Å²) in [6, 6.07) is 2.50. The molecule has 1 atom stereocenters. The van der Waals surface area contributed by atoms with E-state index in [0.717, 1.165) is 44.2 Å². The molecule has 2 fully saturated rings. The standard InChI is InChI=1S/C9H14N2OS/c10-7-9(1-6-13-8-9)11-2-4-12-5-3-11/h1-6,8H2. The van der Waals surface area contributed by atoms with Gasteiger partial charge in [-0.3, -0.25) is 4.90 Å². The van der Waals surface area contributed by atoms with Crippen molar-refractivity contribution in [2.45, 2.75) is 12.0 Å². The van der Waals surface area contributed by atoms with Crippen LogP contribution in [0.5, 0.6) is 0 Å². The predicted molar refractivity (Wildman–Crippen MR) is 52.7 cm³/mol. The Kier molecular flexibility index (Phi) is 2.77. The molecule has 72 valence electrons. The number of nitrogens with zero attached hydrogens (tertiary/aromatic N) is 2. The molecular formula is C9H14N2OS. The highest BCUT2D eigenvalue weighted by Gasteiger charge is 2.40. The summed E-state index contributed by atoms with van der Waals surface area (Å²) in [5.74, 6) is 2.11. The minimum absolute atomic E-state index is 0.172. The topological polar surface area (TPSA) is 36.3 Å². The second-order valence-corrected chi connectivity index (χ2v) is 4.65. The van der Waals surface area contributed by atoms with Crippen LogP contribution in [0, 0.1) is 11.3 Å². The fourth-order valence-corrected chi connectivity index (χ4v) is 3.31. The Balaban J connectivity index is 2.06. The Bertz CT molecular complexity index is 214. The summed E-state index contributed by atoms with van der Waals surface area (Å²) in [7, 11) is 0. The zero-order valence-corrected chi connectivity index (χ0v) is 8.48. The van der Waals surface area contributed by atoms with Gasteiger partial charge in [-0.05, 0) is 12.2 Å². The summed E-state index contributed by atoms with van der Waals surface area (Å²) in [6.45, 7) is 3.42. The van der Waals surface area contributed by atoms with E-state index in [4.69, 9.17) is 4.74 Å². The molecule has 0 N–H and O–H groups in total. The zero-order chi connectivity index (χ0) is 9.15. The minimum Gasteiger partial charge on any atom is -0.379 e. The molecule has 0 amide bonds. The van der Waals surface area contributed by atoms with Gasteiger partial charge >= 0.3 is 0 Å². The largest absolute Gasteiger partial charge is 0.379 e. The molecule has 3 nitrogen and oxygen atoms in total. The smallest absolute Gasteiger partial charge is 0.119 e. The zero-order valence-electron chi connectivity index (χ0n) is 7.66. The van der Waals surface area contributed by atoms with Crippen LogP contribution < -0.4 is 0 Å². The van der Waals surface area contributed by atoms with E-state index in [2.05, 4.69) is 11.0 Å². The van der Waals surface area contributed by atoms with Gasteiger partial charge in [0, 0.05) is 18.8 Å². The highest BCUT2D eigenvalue weighted by atomic mass is 32.2. The molecule has 1 unspecified atom stereocenters. The molecule has 0 aromatic heterocycles. The number of thioether (sulfide) groups is 1. The van der Waals surface area contributed by atoms with E-state index >= 15 is 0 Å². The van der Waals surface area contributed by atoms with Gasteiger partial charge in [0.15, 0.2) is 0 Å². The fraction of sp³-hybridized carbons (Fsp3) is 0.889. The summed E-state index contributed by atoms with van der Waals surface area (Å²) in [5.41, 5.74) is -0.172. The molecule has 2 aliphatic heterocycles. The number of ether oxygens (including phenoxy) is 1. The van der Waals surface area contributed by atoms with E-state index in [0.29, 0.717) is 0 Å². The van der Waals surface area contributed by atoms with Gasteiger partial charge in [-0.25, -0.2) is 0 Å². The summed E-state index contributed by atoms with van der Waals surface area (Å²) in [5, 5.41) is 9.22. The van der Waals surface area contributed by atoms with Crippen molar-refractivity contribution >= 4 is 11.8 Å². The van der Waals surface area contributed by atoms with Crippen LogP contribution in [0.1, 0.15) is 6.42 Å². The van der Waals surface area contributed by atoms with E-state index in [1.165, 1.54) is 0 Å². The highest BCUT2D eigenvalue weighted by Crippen LogP contribution is 2.33. The Morgan fingerprint density at radius 1 is 1.38 bits per heavy atom. The Morgan fingerprint density at radius 2 is 2.15 bits per heavy atom. The third kappa shape index (κ3) is 1.69. The first kappa shape index (κ1) is 9.32. The second-order valence-electron chi connectivity index (χ2n) is 3.55. The monoisotopic (exact) mass is 198 g/mol. The number of nitriles is 1. The van der Waals surface area contributed by atoms with Crippen molar-refractivity contribution < 1.29 is 4.74 Å². The number of rotatable bonds is 1. The number of hydrogen-bond acceptors (Lipinski definition) is 4. The lowest BCUT2D eigenvalue weighted by Crippen LogP contribution is -2.52. The predicted octanol–water partition coefficient (Wildman–Crippen LogP) is 0.718. The third-order valence-corrected chi connectivity index (χ3v) is 4.00. The summed E-state index contributed by atoms with van der Waals surface area (Å²) < 4.78 is 5.29. The average molecular weight is 198 g/mol. The van der Waals surface area contributed by atoms with E-state index in [1.807, 2.05) is 11.8 Å². The Labute approximate surface area is 83.0 Å². The third-order valence-electron chi connectivity index (χ3n) is 2.83. The summed E-state index contributed by atoms with van der Waals surface area (Å²) in [4.78, 5) is 2.30. The van der Waals surface area contributed by atoms with Crippen LogP contribution in [0.25, 0.3) is 0 Å². The van der Waals surface area contributed by atoms with Crippen LogP contribution >= 0.6 is 11.8 Å². The van der Waals surface area contributed by atoms with E-state index in [1.54, 1.807) is 0 Å². The van der Waals surface area contributed by atoms with Crippen molar-refractivity contribution in [1.29, 1.82) is 5.26 Å². The number of morpholine rings is 1. The molecule has 0 aromatic rings. The van der Waals surface area contributed by atoms with Crippen molar-refractivity contribution in [1.82, 2.24) is 4.90 Å². The lowest BCUT2D eigenvalue weighted by atomic mass is 9.98. The van der Waals surface area contributed by atoms with E-state index in [9.17, 15) is 5.26 Å². The summed E-state index contributed by atoms with van der Waals surface area (Å²) in [6.07, 6.45) is 1.02. The highest BCUT2D eigenvalue weighted by molar-refractivity contribution is 7.99. The lowest BCUT2D eigenvalue weighted by Gasteiger charge is -2.37. The Morgan fingerprint density at radius 3 is 2.69 bits per heavy atom. The van der Waals surface area contributed by atoms with Gasteiger partial charge in [0.2, 0.25) is 0 Å². The molecule has 0 aliphatic carbocycles. The van der Waals surface area contributed by atoms with Crippen molar-refractivity contribution in [3.63, 3.8) is 0 Å². The van der Waals surface area contributed by atoms with Gasteiger partial charge in [0.25, 0.3) is 0 Å². The van der Waals surface area contributed by atoms with Crippen molar-refractivity contribution in [3.8, 4) is 6.07 Å². The molecule has 0 bridgehead atoms. The van der Waals surface area contributed by atoms with Crippen LogP contribution in [-0.2, 0) is 4.74 Å². The maximum absolute atomic E-state index is 9.22. The maximum atomic E-state index is 9.22. The molecule has 2 saturated heterocycles. The first-order chi connectivity index (χ1) is 6.37. The van der Waals surface area contributed by atoms with Gasteiger partial charge in [-0.15, -0.1) is 0 Å². The van der Waals surface area contributed by atoms with E-state index < -0.39 is 0 Å². The van der Waals surface area contributed by atoms with Crippen LogP contribution in [0.2, 0.25) is 0 Å². The molecule has 0 aromatic carbocycles. The van der Waals surface area contributed by atoms with Gasteiger partial charge in [-0.1, -0.05) is 0 Å². The minimum atomic E-state index is -0.172. The van der Waals surface area contributed by atoms with Crippen LogP contribution in [0.4, 0.5) is 0 Å². The van der Waals surface area contributed by atoms with Gasteiger partial charge in [-0.2, -0.15) is 17.0 Å². The van der Waals surface area contributed by atoms with E-state index in [-0.39, 0.29) is 5.54 Å². The van der Waals surface area contributed by atoms with Gasteiger partial charge in [0.05, 0.1) is 19.3 Å². The molecule has 4 heteroatoms. The fourth-order valence-electron chi connectivity index (χ4n) is 1.95. The van der Waals surface area contributed by atoms with Crippen molar-refractivity contribution in [2.24, 2.45) is 0 Å². The van der Waals surface area contributed by atoms with Crippen LogP contribution in [0.15, 0.2) is 0 Å². The number of hydrogen-bond donors (Lipinski definition) is 0. The molecule has 0 saturated carbocycles. The summed E-state index contributed by atoms with van der Waals surface area (Å²) >= 11 is 1.89. The molecule has 0 spiro atoms. The van der Waals surface area contributed by atoms with Crippen LogP contribution in [0.3, 0.4) is 0 Å². The van der Waals surface area contributed by atoms with Gasteiger partial charge < -0.3 is 4.74 Å². The molecule has 13 heavy (non-hydrogen) atoms. The molecule has 2 heterocycles. The first-order valence-corrected chi connectivity index (χ1v) is 5.85. The van der Waals surface area contributed by atoms with Crippen molar-refractivity contribution in [2.75, 3.05) is 37.8 Å². The lowest BCUT2D eigenvalue weighted by molar-refractivity contribution is 0.00398. The van der Waals surface area contributed by atoms with Crippen molar-refractivity contribution in [3.05, 3.63) is 0 Å². The second kappa shape index (κ2) is 3.87.